The number of hydrogen-bond acceptors (Lipinski definition) is 4. The number of aromatic hydroxyl groups is 1. The zero-order valence-corrected chi connectivity index (χ0v) is 12.8. The minimum absolute atomic E-state index is 0.0278. The van der Waals surface area contributed by atoms with Gasteiger partial charge in [-0.05, 0) is 59.7 Å². The first-order valence-electron chi connectivity index (χ1n) is 7.12. The van der Waals surface area contributed by atoms with Gasteiger partial charge in [-0.15, -0.1) is 0 Å². The molecule has 3 heterocycles. The van der Waals surface area contributed by atoms with Crippen LogP contribution >= 0.6 is 11.3 Å². The molecular formula is C16H18N2O2S. The van der Waals surface area contributed by atoms with E-state index in [0.717, 1.165) is 18.4 Å². The highest BCUT2D eigenvalue weighted by molar-refractivity contribution is 7.07. The molecule has 0 saturated carbocycles. The number of amides is 1. The molecular weight excluding hydrogens is 284 g/mol. The lowest BCUT2D eigenvalue weighted by Gasteiger charge is -2.31. The Kier molecular flexibility index (Phi) is 3.92. The standard InChI is InChI=1S/C16H18N2O2S/c1-11-8-14(19)15(17-9-11)16(20)18-5-2-12(3-6-18)13-4-7-21-10-13/h4,7-10,12,19H,2-3,5-6H2,1H3. The van der Waals surface area contributed by atoms with Crippen molar-refractivity contribution in [2.45, 2.75) is 25.7 Å². The molecule has 1 fully saturated rings. The van der Waals surface area contributed by atoms with Gasteiger partial charge >= 0.3 is 0 Å². The van der Waals surface area contributed by atoms with Crippen LogP contribution in [0.5, 0.6) is 5.75 Å². The first-order chi connectivity index (χ1) is 10.1. The van der Waals surface area contributed by atoms with E-state index in [1.165, 1.54) is 5.56 Å². The lowest BCUT2D eigenvalue weighted by atomic mass is 9.91. The van der Waals surface area contributed by atoms with E-state index in [-0.39, 0.29) is 17.4 Å². The smallest absolute Gasteiger partial charge is 0.276 e. The summed E-state index contributed by atoms with van der Waals surface area (Å²) in [6.45, 7) is 3.27. The fourth-order valence-corrected chi connectivity index (χ4v) is 3.53. The van der Waals surface area contributed by atoms with Crippen LogP contribution in [0, 0.1) is 6.92 Å². The van der Waals surface area contributed by atoms with Gasteiger partial charge in [-0.1, -0.05) is 0 Å². The normalized spacial score (nSPS) is 16.1. The summed E-state index contributed by atoms with van der Waals surface area (Å²) in [6.07, 6.45) is 3.55. The second-order valence-electron chi connectivity index (χ2n) is 5.50. The summed E-state index contributed by atoms with van der Waals surface area (Å²) in [5.74, 6) is 0.344. The molecule has 1 N–H and O–H groups in total. The average Bonchev–Trinajstić information content (AvgIpc) is 3.01. The van der Waals surface area contributed by atoms with Crippen molar-refractivity contribution in [3.05, 3.63) is 45.9 Å². The fraction of sp³-hybridized carbons (Fsp3) is 0.375. The largest absolute Gasteiger partial charge is 0.505 e. The van der Waals surface area contributed by atoms with Crippen LogP contribution in [0.15, 0.2) is 29.1 Å². The van der Waals surface area contributed by atoms with Gasteiger partial charge in [-0.3, -0.25) is 4.79 Å². The average molecular weight is 302 g/mol. The molecule has 1 saturated heterocycles. The summed E-state index contributed by atoms with van der Waals surface area (Å²) in [5.41, 5.74) is 2.39. The Bertz CT molecular complexity index is 632. The number of rotatable bonds is 2. The van der Waals surface area contributed by atoms with E-state index in [9.17, 15) is 9.90 Å². The molecule has 0 aromatic carbocycles. The zero-order chi connectivity index (χ0) is 14.8. The summed E-state index contributed by atoms with van der Waals surface area (Å²) < 4.78 is 0. The molecule has 0 spiro atoms. The van der Waals surface area contributed by atoms with Gasteiger partial charge in [0.15, 0.2) is 5.69 Å². The van der Waals surface area contributed by atoms with Gasteiger partial charge in [0.25, 0.3) is 5.91 Å². The topological polar surface area (TPSA) is 53.4 Å². The predicted octanol–water partition coefficient (Wildman–Crippen LogP) is 3.18. The Morgan fingerprint density at radius 1 is 1.43 bits per heavy atom. The van der Waals surface area contributed by atoms with Crippen LogP contribution in [0.25, 0.3) is 0 Å². The van der Waals surface area contributed by atoms with E-state index in [2.05, 4.69) is 21.8 Å². The molecule has 0 atom stereocenters. The molecule has 1 aliphatic heterocycles. The maximum absolute atomic E-state index is 12.4. The van der Waals surface area contributed by atoms with E-state index in [1.807, 2.05) is 6.92 Å². The van der Waals surface area contributed by atoms with Crippen molar-refractivity contribution < 1.29 is 9.90 Å². The third-order valence-corrected chi connectivity index (χ3v) is 4.71. The van der Waals surface area contributed by atoms with Gasteiger partial charge in [-0.25, -0.2) is 4.98 Å². The van der Waals surface area contributed by atoms with Gasteiger partial charge in [0.1, 0.15) is 5.75 Å². The van der Waals surface area contributed by atoms with Crippen LogP contribution in [0.4, 0.5) is 0 Å². The summed E-state index contributed by atoms with van der Waals surface area (Å²) >= 11 is 1.72. The molecule has 2 aromatic heterocycles. The van der Waals surface area contributed by atoms with E-state index < -0.39 is 0 Å². The van der Waals surface area contributed by atoms with Gasteiger partial charge in [0.05, 0.1) is 0 Å². The van der Waals surface area contributed by atoms with Gasteiger partial charge in [0.2, 0.25) is 0 Å². The predicted molar refractivity (Wildman–Crippen MR) is 82.8 cm³/mol. The Morgan fingerprint density at radius 2 is 2.19 bits per heavy atom. The van der Waals surface area contributed by atoms with Crippen molar-refractivity contribution in [1.82, 2.24) is 9.88 Å². The molecule has 2 aromatic rings. The molecule has 110 valence electrons. The molecule has 0 bridgehead atoms. The lowest BCUT2D eigenvalue weighted by molar-refractivity contribution is 0.0703. The van der Waals surface area contributed by atoms with Crippen LogP contribution < -0.4 is 0 Å². The van der Waals surface area contributed by atoms with Crippen LogP contribution in [0.2, 0.25) is 0 Å². The highest BCUT2D eigenvalue weighted by Gasteiger charge is 2.26. The molecule has 1 aliphatic rings. The molecule has 4 nitrogen and oxygen atoms in total. The number of hydrogen-bond donors (Lipinski definition) is 1. The summed E-state index contributed by atoms with van der Waals surface area (Å²) in [7, 11) is 0. The highest BCUT2D eigenvalue weighted by atomic mass is 32.1. The van der Waals surface area contributed by atoms with E-state index in [0.29, 0.717) is 19.0 Å². The van der Waals surface area contributed by atoms with Crippen molar-refractivity contribution in [2.75, 3.05) is 13.1 Å². The SMILES string of the molecule is Cc1cnc(C(=O)N2CCC(c3ccsc3)CC2)c(O)c1. The number of carbonyl (C=O) groups is 1. The molecule has 0 radical (unpaired) electrons. The maximum atomic E-state index is 12.4. The number of aryl methyl sites for hydroxylation is 1. The minimum Gasteiger partial charge on any atom is -0.505 e. The van der Waals surface area contributed by atoms with Gasteiger partial charge < -0.3 is 10.0 Å². The lowest BCUT2D eigenvalue weighted by Crippen LogP contribution is -2.38. The number of nitrogens with zero attached hydrogens (tertiary/aromatic N) is 2. The Hall–Kier alpha value is -1.88. The third-order valence-electron chi connectivity index (χ3n) is 4.00. The number of likely N-dealkylation sites (tertiary alicyclic amines) is 1. The van der Waals surface area contributed by atoms with Crippen molar-refractivity contribution >= 4 is 17.2 Å². The number of piperidine rings is 1. The van der Waals surface area contributed by atoms with Gasteiger partial charge in [-0.2, -0.15) is 11.3 Å². The van der Waals surface area contributed by atoms with Crippen LogP contribution in [-0.4, -0.2) is 34.0 Å². The van der Waals surface area contributed by atoms with Gasteiger partial charge in [0, 0.05) is 19.3 Å². The maximum Gasteiger partial charge on any atom is 0.276 e. The van der Waals surface area contributed by atoms with Crippen LogP contribution in [0.1, 0.15) is 40.4 Å². The first kappa shape index (κ1) is 14.1. The number of carbonyl (C=O) groups excluding carboxylic acids is 1. The van der Waals surface area contributed by atoms with E-state index in [1.54, 1.807) is 28.5 Å². The summed E-state index contributed by atoms with van der Waals surface area (Å²) in [6, 6.07) is 3.75. The zero-order valence-electron chi connectivity index (χ0n) is 12.0. The van der Waals surface area contributed by atoms with Crippen molar-refractivity contribution in [3.63, 3.8) is 0 Å². The highest BCUT2D eigenvalue weighted by Crippen LogP contribution is 2.30. The van der Waals surface area contributed by atoms with Crippen LogP contribution in [0.3, 0.4) is 0 Å². The second-order valence-corrected chi connectivity index (χ2v) is 6.28. The van der Waals surface area contributed by atoms with E-state index >= 15 is 0 Å². The number of pyridine rings is 1. The van der Waals surface area contributed by atoms with Crippen molar-refractivity contribution in [2.24, 2.45) is 0 Å². The van der Waals surface area contributed by atoms with Crippen molar-refractivity contribution in [1.29, 1.82) is 0 Å². The Labute approximate surface area is 128 Å². The monoisotopic (exact) mass is 302 g/mol. The summed E-state index contributed by atoms with van der Waals surface area (Å²) in [4.78, 5) is 18.3. The van der Waals surface area contributed by atoms with Crippen molar-refractivity contribution in [3.8, 4) is 5.75 Å². The van der Waals surface area contributed by atoms with E-state index in [4.69, 9.17) is 0 Å². The number of aromatic nitrogens is 1. The van der Waals surface area contributed by atoms with Crippen LogP contribution in [-0.2, 0) is 0 Å². The molecule has 3 rings (SSSR count). The Balaban J connectivity index is 1.67. The second kappa shape index (κ2) is 5.85. The quantitative estimate of drug-likeness (QED) is 0.927. The third kappa shape index (κ3) is 2.93. The summed E-state index contributed by atoms with van der Waals surface area (Å²) in [5, 5.41) is 14.2. The molecule has 21 heavy (non-hydrogen) atoms. The first-order valence-corrected chi connectivity index (χ1v) is 8.06. The number of thiophene rings is 1. The Morgan fingerprint density at radius 3 is 2.81 bits per heavy atom. The molecule has 5 heteroatoms. The molecule has 0 unspecified atom stereocenters. The minimum atomic E-state index is -0.170. The fourth-order valence-electron chi connectivity index (χ4n) is 2.79. The molecule has 0 aliphatic carbocycles. The molecule has 1 amide bonds.